The lowest BCUT2D eigenvalue weighted by atomic mass is 10.2. The zero-order chi connectivity index (χ0) is 12.1. The summed E-state index contributed by atoms with van der Waals surface area (Å²) in [6.07, 6.45) is 7.58. The number of nitrogens with two attached hydrogens (primary N) is 1. The second kappa shape index (κ2) is 5.58. The SMILES string of the molecule is Cn1cc(-c2noc(CCCCCN)n2)cn1. The van der Waals surface area contributed by atoms with Crippen LogP contribution in [0.1, 0.15) is 25.2 Å². The summed E-state index contributed by atoms with van der Waals surface area (Å²) in [5.41, 5.74) is 6.31. The number of aromatic nitrogens is 4. The van der Waals surface area contributed by atoms with E-state index in [1.165, 1.54) is 0 Å². The van der Waals surface area contributed by atoms with Gasteiger partial charge in [0.15, 0.2) is 0 Å². The van der Waals surface area contributed by atoms with Gasteiger partial charge in [0.1, 0.15) is 0 Å². The van der Waals surface area contributed by atoms with Crippen molar-refractivity contribution in [3.63, 3.8) is 0 Å². The molecular formula is C11H17N5O. The Kier molecular flexibility index (Phi) is 3.87. The molecule has 6 heteroatoms. The smallest absolute Gasteiger partial charge is 0.226 e. The van der Waals surface area contributed by atoms with Gasteiger partial charge >= 0.3 is 0 Å². The maximum Gasteiger partial charge on any atom is 0.226 e. The molecule has 2 aromatic heterocycles. The molecule has 2 N–H and O–H groups in total. The van der Waals surface area contributed by atoms with Crippen molar-refractivity contribution < 1.29 is 4.52 Å². The molecule has 0 atom stereocenters. The zero-order valence-corrected chi connectivity index (χ0v) is 9.96. The van der Waals surface area contributed by atoms with Crippen molar-refractivity contribution in [2.24, 2.45) is 12.8 Å². The molecule has 0 aromatic carbocycles. The van der Waals surface area contributed by atoms with Crippen LogP contribution in [0.2, 0.25) is 0 Å². The van der Waals surface area contributed by atoms with E-state index >= 15 is 0 Å². The average Bonchev–Trinajstić information content (AvgIpc) is 2.93. The van der Waals surface area contributed by atoms with Crippen LogP contribution in [0.5, 0.6) is 0 Å². The summed E-state index contributed by atoms with van der Waals surface area (Å²) in [6, 6.07) is 0. The molecule has 2 aromatic rings. The third-order valence-electron chi connectivity index (χ3n) is 2.53. The Labute approximate surface area is 99.8 Å². The summed E-state index contributed by atoms with van der Waals surface area (Å²) in [4.78, 5) is 4.33. The maximum absolute atomic E-state index is 5.43. The van der Waals surface area contributed by atoms with E-state index in [-0.39, 0.29) is 0 Å². The first-order valence-electron chi connectivity index (χ1n) is 5.81. The molecule has 0 amide bonds. The maximum atomic E-state index is 5.43. The zero-order valence-electron chi connectivity index (χ0n) is 9.96. The van der Waals surface area contributed by atoms with Gasteiger partial charge in [0.2, 0.25) is 11.7 Å². The number of hydrogen-bond acceptors (Lipinski definition) is 5. The second-order valence-electron chi connectivity index (χ2n) is 4.01. The molecule has 0 bridgehead atoms. The number of nitrogens with zero attached hydrogens (tertiary/aromatic N) is 4. The van der Waals surface area contributed by atoms with Crippen LogP contribution in [0.4, 0.5) is 0 Å². The predicted molar refractivity (Wildman–Crippen MR) is 63.1 cm³/mol. The van der Waals surface area contributed by atoms with Crippen molar-refractivity contribution in [3.8, 4) is 11.4 Å². The minimum absolute atomic E-state index is 0.604. The topological polar surface area (TPSA) is 82.8 Å². The van der Waals surface area contributed by atoms with Gasteiger partial charge in [0.25, 0.3) is 0 Å². The van der Waals surface area contributed by atoms with Crippen molar-refractivity contribution in [3.05, 3.63) is 18.3 Å². The van der Waals surface area contributed by atoms with Crippen LogP contribution in [0.15, 0.2) is 16.9 Å². The third kappa shape index (κ3) is 3.13. The van der Waals surface area contributed by atoms with Gasteiger partial charge in [-0.05, 0) is 19.4 Å². The van der Waals surface area contributed by atoms with Crippen molar-refractivity contribution in [1.82, 2.24) is 19.9 Å². The van der Waals surface area contributed by atoms with Gasteiger partial charge in [0.05, 0.1) is 11.8 Å². The van der Waals surface area contributed by atoms with E-state index in [1.54, 1.807) is 10.9 Å². The van der Waals surface area contributed by atoms with Gasteiger partial charge in [0, 0.05) is 19.7 Å². The number of rotatable bonds is 6. The van der Waals surface area contributed by atoms with Crippen molar-refractivity contribution >= 4 is 0 Å². The summed E-state index contributed by atoms with van der Waals surface area (Å²) in [6.45, 7) is 0.741. The van der Waals surface area contributed by atoms with Crippen molar-refractivity contribution in [1.29, 1.82) is 0 Å². The van der Waals surface area contributed by atoms with E-state index in [4.69, 9.17) is 10.3 Å². The lowest BCUT2D eigenvalue weighted by Crippen LogP contribution is -1.98. The quantitative estimate of drug-likeness (QED) is 0.759. The molecule has 0 spiro atoms. The highest BCUT2D eigenvalue weighted by Gasteiger charge is 2.09. The van der Waals surface area contributed by atoms with Gasteiger partial charge in [-0.15, -0.1) is 0 Å². The van der Waals surface area contributed by atoms with Crippen LogP contribution >= 0.6 is 0 Å². The Morgan fingerprint density at radius 1 is 1.35 bits per heavy atom. The molecule has 17 heavy (non-hydrogen) atoms. The van der Waals surface area contributed by atoms with Crippen LogP contribution < -0.4 is 5.73 Å². The van der Waals surface area contributed by atoms with Crippen molar-refractivity contribution in [2.75, 3.05) is 6.54 Å². The first-order valence-corrected chi connectivity index (χ1v) is 5.81. The van der Waals surface area contributed by atoms with Crippen molar-refractivity contribution in [2.45, 2.75) is 25.7 Å². The number of aryl methyl sites for hydroxylation is 2. The molecule has 0 aliphatic carbocycles. The molecule has 2 heterocycles. The average molecular weight is 235 g/mol. The van der Waals surface area contributed by atoms with Crippen LogP contribution in [-0.4, -0.2) is 26.5 Å². The van der Waals surface area contributed by atoms with Crippen LogP contribution in [0.25, 0.3) is 11.4 Å². The van der Waals surface area contributed by atoms with Gasteiger partial charge < -0.3 is 10.3 Å². The van der Waals surface area contributed by atoms with Crippen LogP contribution in [0, 0.1) is 0 Å². The summed E-state index contributed by atoms with van der Waals surface area (Å²) in [7, 11) is 1.86. The highest BCUT2D eigenvalue weighted by atomic mass is 16.5. The largest absolute Gasteiger partial charge is 0.339 e. The second-order valence-corrected chi connectivity index (χ2v) is 4.01. The number of unbranched alkanes of at least 4 members (excludes halogenated alkanes) is 2. The highest BCUT2D eigenvalue weighted by Crippen LogP contribution is 2.15. The third-order valence-corrected chi connectivity index (χ3v) is 2.53. The van der Waals surface area contributed by atoms with Crippen LogP contribution in [-0.2, 0) is 13.5 Å². The first kappa shape index (κ1) is 11.8. The Bertz CT molecular complexity index is 462. The van der Waals surface area contributed by atoms with Crippen LogP contribution in [0.3, 0.4) is 0 Å². The summed E-state index contributed by atoms with van der Waals surface area (Å²) in [5, 5.41) is 8.00. The Hall–Kier alpha value is -1.69. The minimum atomic E-state index is 0.604. The molecule has 0 saturated carbocycles. The van der Waals surface area contributed by atoms with Gasteiger partial charge in [-0.2, -0.15) is 10.1 Å². The fourth-order valence-corrected chi connectivity index (χ4v) is 1.61. The van der Waals surface area contributed by atoms with Gasteiger partial charge in [-0.3, -0.25) is 4.68 Å². The van der Waals surface area contributed by atoms with E-state index in [0.717, 1.165) is 37.8 Å². The Morgan fingerprint density at radius 2 is 2.24 bits per heavy atom. The molecule has 0 saturated heterocycles. The van der Waals surface area contributed by atoms with E-state index in [2.05, 4.69) is 15.2 Å². The normalized spacial score (nSPS) is 10.9. The standard InChI is InChI=1S/C11H17N5O/c1-16-8-9(7-13-16)11-14-10(17-15-11)5-3-2-4-6-12/h7-8H,2-6,12H2,1H3. The molecule has 92 valence electrons. The summed E-state index contributed by atoms with van der Waals surface area (Å²) in [5.74, 6) is 1.28. The molecule has 0 fully saturated rings. The highest BCUT2D eigenvalue weighted by molar-refractivity contribution is 5.50. The molecule has 2 rings (SSSR count). The number of hydrogen-bond donors (Lipinski definition) is 1. The van der Waals surface area contributed by atoms with E-state index in [0.29, 0.717) is 11.7 Å². The fraction of sp³-hybridized carbons (Fsp3) is 0.545. The van der Waals surface area contributed by atoms with E-state index < -0.39 is 0 Å². The summed E-state index contributed by atoms with van der Waals surface area (Å²) >= 11 is 0. The lowest BCUT2D eigenvalue weighted by molar-refractivity contribution is 0.374. The van der Waals surface area contributed by atoms with E-state index in [9.17, 15) is 0 Å². The molecule has 0 aliphatic rings. The lowest BCUT2D eigenvalue weighted by Gasteiger charge is -1.93. The fourth-order valence-electron chi connectivity index (χ4n) is 1.61. The molecule has 0 radical (unpaired) electrons. The molecule has 6 nitrogen and oxygen atoms in total. The Morgan fingerprint density at radius 3 is 2.94 bits per heavy atom. The minimum Gasteiger partial charge on any atom is -0.339 e. The predicted octanol–water partition coefficient (Wildman–Crippen LogP) is 1.14. The van der Waals surface area contributed by atoms with Gasteiger partial charge in [-0.1, -0.05) is 11.6 Å². The Balaban J connectivity index is 1.92. The first-order chi connectivity index (χ1) is 8.29. The summed E-state index contributed by atoms with van der Waals surface area (Å²) < 4.78 is 6.89. The van der Waals surface area contributed by atoms with E-state index in [1.807, 2.05) is 13.2 Å². The molecule has 0 aliphatic heterocycles. The monoisotopic (exact) mass is 235 g/mol. The molecule has 0 unspecified atom stereocenters. The van der Waals surface area contributed by atoms with Gasteiger partial charge in [-0.25, -0.2) is 0 Å². The molecular weight excluding hydrogens is 218 g/mol.